The lowest BCUT2D eigenvalue weighted by atomic mass is 9.99. The molecule has 0 spiro atoms. The molecule has 0 saturated heterocycles. The molecule has 2 atom stereocenters. The van der Waals surface area contributed by atoms with Crippen LogP contribution in [-0.4, -0.2) is 14.9 Å². The Morgan fingerprint density at radius 3 is 2.68 bits per heavy atom. The fraction of sp³-hybridized carbons (Fsp3) is 0.308. The van der Waals surface area contributed by atoms with Crippen molar-refractivity contribution in [2.75, 3.05) is 0 Å². The SMILES string of the molecule is Cn1nccc1C(O)CC(N)c1ccc(F)cc1F. The fourth-order valence-corrected chi connectivity index (χ4v) is 2.00. The molecule has 0 bridgehead atoms. The summed E-state index contributed by atoms with van der Waals surface area (Å²) in [4.78, 5) is 0. The second-order valence-corrected chi connectivity index (χ2v) is 4.40. The van der Waals surface area contributed by atoms with Gasteiger partial charge in [-0.05, 0) is 18.6 Å². The normalized spacial score (nSPS) is 14.4. The van der Waals surface area contributed by atoms with Crippen molar-refractivity contribution in [1.29, 1.82) is 0 Å². The Bertz CT molecular complexity index is 571. The van der Waals surface area contributed by atoms with E-state index in [2.05, 4.69) is 5.10 Å². The number of halogens is 2. The van der Waals surface area contributed by atoms with Crippen LogP contribution in [0.15, 0.2) is 30.5 Å². The third-order valence-corrected chi connectivity index (χ3v) is 3.04. The topological polar surface area (TPSA) is 64.1 Å². The number of nitrogens with two attached hydrogens (primary N) is 1. The van der Waals surface area contributed by atoms with Crippen LogP contribution in [0.3, 0.4) is 0 Å². The van der Waals surface area contributed by atoms with Gasteiger partial charge < -0.3 is 10.8 Å². The van der Waals surface area contributed by atoms with Crippen LogP contribution < -0.4 is 5.73 Å². The van der Waals surface area contributed by atoms with Crippen molar-refractivity contribution < 1.29 is 13.9 Å². The van der Waals surface area contributed by atoms with Gasteiger partial charge in [0.15, 0.2) is 0 Å². The van der Waals surface area contributed by atoms with Crippen LogP contribution in [0.4, 0.5) is 8.78 Å². The summed E-state index contributed by atoms with van der Waals surface area (Å²) in [6.45, 7) is 0. The van der Waals surface area contributed by atoms with Gasteiger partial charge >= 0.3 is 0 Å². The van der Waals surface area contributed by atoms with E-state index in [1.807, 2.05) is 0 Å². The number of benzene rings is 1. The van der Waals surface area contributed by atoms with Crippen LogP contribution in [0.25, 0.3) is 0 Å². The second-order valence-electron chi connectivity index (χ2n) is 4.40. The highest BCUT2D eigenvalue weighted by Gasteiger charge is 2.19. The Hall–Kier alpha value is -1.79. The maximum absolute atomic E-state index is 13.6. The van der Waals surface area contributed by atoms with Gasteiger partial charge in [-0.25, -0.2) is 8.78 Å². The molecule has 1 aromatic carbocycles. The van der Waals surface area contributed by atoms with Crippen molar-refractivity contribution >= 4 is 0 Å². The lowest BCUT2D eigenvalue weighted by Gasteiger charge is -2.17. The number of aliphatic hydroxyl groups is 1. The highest BCUT2D eigenvalue weighted by atomic mass is 19.1. The predicted octanol–water partition coefficient (Wildman–Crippen LogP) is 1.82. The summed E-state index contributed by atoms with van der Waals surface area (Å²) < 4.78 is 27.9. The first-order valence-electron chi connectivity index (χ1n) is 5.85. The van der Waals surface area contributed by atoms with E-state index in [9.17, 15) is 13.9 Å². The van der Waals surface area contributed by atoms with Gasteiger partial charge in [-0.3, -0.25) is 4.68 Å². The third kappa shape index (κ3) is 2.97. The molecule has 2 rings (SSSR count). The minimum atomic E-state index is -0.855. The molecule has 4 nitrogen and oxygen atoms in total. The van der Waals surface area contributed by atoms with E-state index in [0.717, 1.165) is 12.1 Å². The molecule has 1 aromatic heterocycles. The van der Waals surface area contributed by atoms with E-state index < -0.39 is 23.8 Å². The number of rotatable bonds is 4. The van der Waals surface area contributed by atoms with Gasteiger partial charge in [0, 0.05) is 30.9 Å². The van der Waals surface area contributed by atoms with E-state index >= 15 is 0 Å². The smallest absolute Gasteiger partial charge is 0.130 e. The summed E-state index contributed by atoms with van der Waals surface area (Å²) in [6, 6.07) is 4.18. The summed E-state index contributed by atoms with van der Waals surface area (Å²) >= 11 is 0. The molecule has 0 saturated carbocycles. The van der Waals surface area contributed by atoms with Crippen LogP contribution >= 0.6 is 0 Å². The van der Waals surface area contributed by atoms with Crippen LogP contribution in [0.5, 0.6) is 0 Å². The zero-order valence-corrected chi connectivity index (χ0v) is 10.4. The largest absolute Gasteiger partial charge is 0.387 e. The Kier molecular flexibility index (Phi) is 3.92. The third-order valence-electron chi connectivity index (χ3n) is 3.04. The van der Waals surface area contributed by atoms with Gasteiger partial charge in [-0.15, -0.1) is 0 Å². The van der Waals surface area contributed by atoms with E-state index in [1.165, 1.54) is 10.7 Å². The molecule has 102 valence electrons. The Balaban J connectivity index is 2.13. The molecule has 0 aliphatic heterocycles. The Labute approximate surface area is 109 Å². The van der Waals surface area contributed by atoms with E-state index in [-0.39, 0.29) is 12.0 Å². The molecule has 3 N–H and O–H groups in total. The van der Waals surface area contributed by atoms with Crippen molar-refractivity contribution in [3.63, 3.8) is 0 Å². The summed E-state index contributed by atoms with van der Waals surface area (Å²) in [5.74, 6) is -1.36. The molecule has 1 heterocycles. The zero-order chi connectivity index (χ0) is 14.0. The lowest BCUT2D eigenvalue weighted by molar-refractivity contribution is 0.148. The summed E-state index contributed by atoms with van der Waals surface area (Å²) in [6.07, 6.45) is 0.830. The second kappa shape index (κ2) is 5.46. The predicted molar refractivity (Wildman–Crippen MR) is 66.1 cm³/mol. The van der Waals surface area contributed by atoms with E-state index in [1.54, 1.807) is 19.3 Å². The molecule has 6 heteroatoms. The van der Waals surface area contributed by atoms with Crippen LogP contribution in [0, 0.1) is 11.6 Å². The van der Waals surface area contributed by atoms with E-state index in [0.29, 0.717) is 5.69 Å². The average molecular weight is 267 g/mol. The van der Waals surface area contributed by atoms with Gasteiger partial charge in [0.05, 0.1) is 11.8 Å². The molecular formula is C13H15F2N3O. The number of aryl methyl sites for hydroxylation is 1. The molecule has 2 unspecified atom stereocenters. The number of hydrogen-bond acceptors (Lipinski definition) is 3. The maximum atomic E-state index is 13.6. The average Bonchev–Trinajstić information content (AvgIpc) is 2.75. The number of aromatic nitrogens is 2. The molecule has 0 fully saturated rings. The quantitative estimate of drug-likeness (QED) is 0.888. The summed E-state index contributed by atoms with van der Waals surface area (Å²) in [7, 11) is 1.70. The molecule has 0 aliphatic carbocycles. The van der Waals surface area contributed by atoms with Crippen LogP contribution in [0.2, 0.25) is 0 Å². The zero-order valence-electron chi connectivity index (χ0n) is 10.4. The van der Waals surface area contributed by atoms with Gasteiger partial charge in [0.2, 0.25) is 0 Å². The van der Waals surface area contributed by atoms with Crippen molar-refractivity contribution in [1.82, 2.24) is 9.78 Å². The summed E-state index contributed by atoms with van der Waals surface area (Å²) in [5.41, 5.74) is 6.63. The molecule has 0 radical (unpaired) electrons. The summed E-state index contributed by atoms with van der Waals surface area (Å²) in [5, 5.41) is 14.0. The van der Waals surface area contributed by atoms with Crippen LogP contribution in [-0.2, 0) is 7.05 Å². The monoisotopic (exact) mass is 267 g/mol. The van der Waals surface area contributed by atoms with Crippen molar-refractivity contribution in [2.45, 2.75) is 18.6 Å². The molecule has 0 amide bonds. The van der Waals surface area contributed by atoms with Gasteiger partial charge in [0.1, 0.15) is 11.6 Å². The maximum Gasteiger partial charge on any atom is 0.130 e. The van der Waals surface area contributed by atoms with Gasteiger partial charge in [-0.2, -0.15) is 5.10 Å². The van der Waals surface area contributed by atoms with Gasteiger partial charge in [-0.1, -0.05) is 6.07 Å². The molecule has 2 aromatic rings. The Morgan fingerprint density at radius 2 is 2.11 bits per heavy atom. The number of hydrogen-bond donors (Lipinski definition) is 2. The van der Waals surface area contributed by atoms with Gasteiger partial charge in [0.25, 0.3) is 0 Å². The lowest BCUT2D eigenvalue weighted by Crippen LogP contribution is -2.17. The minimum Gasteiger partial charge on any atom is -0.387 e. The Morgan fingerprint density at radius 1 is 1.37 bits per heavy atom. The number of aliphatic hydroxyl groups excluding tert-OH is 1. The first kappa shape index (κ1) is 13.6. The highest BCUT2D eigenvalue weighted by Crippen LogP contribution is 2.26. The van der Waals surface area contributed by atoms with Crippen molar-refractivity contribution in [3.05, 3.63) is 53.4 Å². The first-order valence-corrected chi connectivity index (χ1v) is 5.85. The minimum absolute atomic E-state index is 0.127. The highest BCUT2D eigenvalue weighted by molar-refractivity contribution is 5.22. The van der Waals surface area contributed by atoms with Crippen molar-refractivity contribution in [2.24, 2.45) is 12.8 Å². The number of nitrogens with zero attached hydrogens (tertiary/aromatic N) is 2. The van der Waals surface area contributed by atoms with E-state index in [4.69, 9.17) is 5.73 Å². The first-order chi connectivity index (χ1) is 8.99. The molecular weight excluding hydrogens is 252 g/mol. The molecule has 0 aliphatic rings. The van der Waals surface area contributed by atoms with Crippen LogP contribution in [0.1, 0.15) is 29.8 Å². The molecule has 19 heavy (non-hydrogen) atoms. The fourth-order valence-electron chi connectivity index (χ4n) is 2.00. The van der Waals surface area contributed by atoms with Crippen molar-refractivity contribution in [3.8, 4) is 0 Å². The standard InChI is InChI=1S/C13H15F2N3O/c1-18-12(4-5-17-18)13(19)7-11(16)9-3-2-8(14)6-10(9)15/h2-6,11,13,19H,7,16H2,1H3.